The monoisotopic (exact) mass is 281 g/mol. The van der Waals surface area contributed by atoms with Crippen molar-refractivity contribution in [2.45, 2.75) is 13.0 Å². The van der Waals surface area contributed by atoms with Crippen molar-refractivity contribution in [3.05, 3.63) is 50.7 Å². The Labute approximate surface area is 117 Å². The van der Waals surface area contributed by atoms with Crippen LogP contribution in [0.3, 0.4) is 0 Å². The molecule has 1 atom stereocenters. The molecule has 1 aromatic heterocycles. The first kappa shape index (κ1) is 13.4. The maximum atomic E-state index is 6.23. The molecule has 0 saturated heterocycles. The molecule has 0 amide bonds. The summed E-state index contributed by atoms with van der Waals surface area (Å²) in [5.74, 6) is 0.879. The number of benzene rings is 1. The Bertz CT molecular complexity index is 538. The van der Waals surface area contributed by atoms with Crippen LogP contribution in [0.15, 0.2) is 29.6 Å². The maximum absolute atomic E-state index is 6.23. The van der Waals surface area contributed by atoms with Gasteiger partial charge in [0.1, 0.15) is 5.75 Å². The number of halogens is 1. The first-order valence-electron chi connectivity index (χ1n) is 5.72. The number of nitrogens with one attached hydrogen (secondary N) is 1. The molecule has 0 spiro atoms. The van der Waals surface area contributed by atoms with E-state index < -0.39 is 0 Å². The van der Waals surface area contributed by atoms with Gasteiger partial charge in [-0.2, -0.15) is 0 Å². The molecule has 0 aliphatic carbocycles. The zero-order valence-electron chi connectivity index (χ0n) is 10.7. The lowest BCUT2D eigenvalue weighted by atomic mass is 10.0. The van der Waals surface area contributed by atoms with Gasteiger partial charge in [-0.05, 0) is 31.5 Å². The molecule has 96 valence electrons. The average Bonchev–Trinajstić information content (AvgIpc) is 2.77. The summed E-state index contributed by atoms with van der Waals surface area (Å²) in [6.45, 7) is 2.08. The van der Waals surface area contributed by atoms with Crippen molar-refractivity contribution < 1.29 is 4.74 Å². The number of hydrogen-bond donors (Lipinski definition) is 1. The third-order valence-corrected chi connectivity index (χ3v) is 4.32. The molecule has 4 heteroatoms. The second-order valence-corrected chi connectivity index (χ2v) is 5.45. The quantitative estimate of drug-likeness (QED) is 0.914. The molecule has 1 unspecified atom stereocenters. The average molecular weight is 282 g/mol. The van der Waals surface area contributed by atoms with E-state index in [4.69, 9.17) is 16.3 Å². The van der Waals surface area contributed by atoms with Gasteiger partial charge in [-0.25, -0.2) is 0 Å². The molecule has 1 aromatic carbocycles. The Kier molecular flexibility index (Phi) is 4.27. The number of thiophene rings is 1. The normalized spacial score (nSPS) is 12.4. The van der Waals surface area contributed by atoms with Crippen LogP contribution in [-0.2, 0) is 0 Å². The van der Waals surface area contributed by atoms with Crippen molar-refractivity contribution in [1.82, 2.24) is 5.32 Å². The van der Waals surface area contributed by atoms with Gasteiger partial charge in [0.2, 0.25) is 0 Å². The van der Waals surface area contributed by atoms with Crippen molar-refractivity contribution in [3.63, 3.8) is 0 Å². The summed E-state index contributed by atoms with van der Waals surface area (Å²) in [6.07, 6.45) is 0. The van der Waals surface area contributed by atoms with Crippen LogP contribution >= 0.6 is 22.9 Å². The SMILES string of the molecule is CNC(c1cc(C)ccc1OC)c1sccc1Cl. The molecular weight excluding hydrogens is 266 g/mol. The van der Waals surface area contributed by atoms with Gasteiger partial charge in [-0.3, -0.25) is 0 Å². The van der Waals surface area contributed by atoms with Crippen LogP contribution in [0.4, 0.5) is 0 Å². The molecule has 0 saturated carbocycles. The molecule has 0 aliphatic heterocycles. The van der Waals surface area contributed by atoms with Gasteiger partial charge < -0.3 is 10.1 Å². The predicted molar refractivity (Wildman–Crippen MR) is 78.0 cm³/mol. The Balaban J connectivity index is 2.51. The Morgan fingerprint density at radius 1 is 1.33 bits per heavy atom. The molecular formula is C14H16ClNOS. The van der Waals surface area contributed by atoms with Gasteiger partial charge in [-0.15, -0.1) is 11.3 Å². The van der Waals surface area contributed by atoms with Crippen LogP contribution in [0, 0.1) is 6.92 Å². The van der Waals surface area contributed by atoms with Crippen LogP contribution < -0.4 is 10.1 Å². The highest BCUT2D eigenvalue weighted by atomic mass is 35.5. The van der Waals surface area contributed by atoms with E-state index >= 15 is 0 Å². The molecule has 1 N–H and O–H groups in total. The third kappa shape index (κ3) is 2.53. The van der Waals surface area contributed by atoms with E-state index in [1.165, 1.54) is 5.56 Å². The van der Waals surface area contributed by atoms with E-state index in [0.717, 1.165) is 21.2 Å². The molecule has 1 heterocycles. The number of methoxy groups -OCH3 is 1. The molecule has 0 aliphatic rings. The molecule has 2 nitrogen and oxygen atoms in total. The summed E-state index contributed by atoms with van der Waals surface area (Å²) < 4.78 is 5.44. The first-order valence-corrected chi connectivity index (χ1v) is 6.97. The zero-order valence-corrected chi connectivity index (χ0v) is 12.2. The summed E-state index contributed by atoms with van der Waals surface area (Å²) >= 11 is 7.88. The van der Waals surface area contributed by atoms with E-state index in [-0.39, 0.29) is 6.04 Å². The fraction of sp³-hybridized carbons (Fsp3) is 0.286. The lowest BCUT2D eigenvalue weighted by molar-refractivity contribution is 0.405. The Morgan fingerprint density at radius 2 is 2.11 bits per heavy atom. The standard InChI is InChI=1S/C14H16ClNOS/c1-9-4-5-12(17-3)10(8-9)13(16-2)14-11(15)6-7-18-14/h4-8,13,16H,1-3H3. The van der Waals surface area contributed by atoms with E-state index in [9.17, 15) is 0 Å². The second kappa shape index (κ2) is 5.74. The Morgan fingerprint density at radius 3 is 2.67 bits per heavy atom. The molecule has 0 bridgehead atoms. The first-order chi connectivity index (χ1) is 8.67. The zero-order chi connectivity index (χ0) is 13.1. The fourth-order valence-electron chi connectivity index (χ4n) is 2.02. The maximum Gasteiger partial charge on any atom is 0.124 e. The van der Waals surface area contributed by atoms with E-state index in [2.05, 4.69) is 18.3 Å². The van der Waals surface area contributed by atoms with Crippen LogP contribution in [0.2, 0.25) is 5.02 Å². The van der Waals surface area contributed by atoms with Gasteiger partial charge in [0, 0.05) is 10.4 Å². The Hall–Kier alpha value is -1.03. The number of hydrogen-bond acceptors (Lipinski definition) is 3. The summed E-state index contributed by atoms with van der Waals surface area (Å²) in [6, 6.07) is 8.17. The van der Waals surface area contributed by atoms with Gasteiger partial charge in [0.25, 0.3) is 0 Å². The van der Waals surface area contributed by atoms with Crippen molar-refractivity contribution >= 4 is 22.9 Å². The largest absolute Gasteiger partial charge is 0.496 e. The van der Waals surface area contributed by atoms with Gasteiger partial charge in [-0.1, -0.05) is 29.3 Å². The summed E-state index contributed by atoms with van der Waals surface area (Å²) in [7, 11) is 3.62. The highest BCUT2D eigenvalue weighted by molar-refractivity contribution is 7.10. The van der Waals surface area contributed by atoms with Crippen molar-refractivity contribution in [2.24, 2.45) is 0 Å². The number of rotatable bonds is 4. The van der Waals surface area contributed by atoms with Gasteiger partial charge in [0.05, 0.1) is 18.2 Å². The summed E-state index contributed by atoms with van der Waals surface area (Å²) in [5.41, 5.74) is 2.32. The topological polar surface area (TPSA) is 21.3 Å². The molecule has 0 radical (unpaired) electrons. The van der Waals surface area contributed by atoms with Crippen LogP contribution in [0.25, 0.3) is 0 Å². The highest BCUT2D eigenvalue weighted by Gasteiger charge is 2.20. The minimum Gasteiger partial charge on any atom is -0.496 e. The molecule has 2 aromatic rings. The minimum absolute atomic E-state index is 0.0624. The van der Waals surface area contributed by atoms with E-state index in [1.807, 2.05) is 30.6 Å². The predicted octanol–water partition coefficient (Wildman–Crippen LogP) is 4.03. The number of aryl methyl sites for hydroxylation is 1. The van der Waals surface area contributed by atoms with Crippen LogP contribution in [-0.4, -0.2) is 14.2 Å². The van der Waals surface area contributed by atoms with Crippen molar-refractivity contribution in [1.29, 1.82) is 0 Å². The molecule has 18 heavy (non-hydrogen) atoms. The van der Waals surface area contributed by atoms with Gasteiger partial charge in [0.15, 0.2) is 0 Å². The molecule has 2 rings (SSSR count). The lowest BCUT2D eigenvalue weighted by Gasteiger charge is -2.19. The number of ether oxygens (including phenoxy) is 1. The third-order valence-electron chi connectivity index (χ3n) is 2.89. The smallest absolute Gasteiger partial charge is 0.124 e. The minimum atomic E-state index is 0.0624. The van der Waals surface area contributed by atoms with Crippen LogP contribution in [0.1, 0.15) is 22.0 Å². The van der Waals surface area contributed by atoms with E-state index in [0.29, 0.717) is 0 Å². The molecule has 0 fully saturated rings. The van der Waals surface area contributed by atoms with Crippen molar-refractivity contribution in [2.75, 3.05) is 14.2 Å². The highest BCUT2D eigenvalue weighted by Crippen LogP contribution is 2.36. The second-order valence-electron chi connectivity index (χ2n) is 4.10. The van der Waals surface area contributed by atoms with Crippen molar-refractivity contribution in [3.8, 4) is 5.75 Å². The summed E-state index contributed by atoms with van der Waals surface area (Å²) in [4.78, 5) is 1.11. The van der Waals surface area contributed by atoms with E-state index in [1.54, 1.807) is 18.4 Å². The summed E-state index contributed by atoms with van der Waals surface area (Å²) in [5, 5.41) is 6.11. The van der Waals surface area contributed by atoms with Crippen LogP contribution in [0.5, 0.6) is 5.75 Å². The lowest BCUT2D eigenvalue weighted by Crippen LogP contribution is -2.17. The van der Waals surface area contributed by atoms with Gasteiger partial charge >= 0.3 is 0 Å². The fourth-order valence-corrected chi connectivity index (χ4v) is 3.31.